The third-order valence-corrected chi connectivity index (χ3v) is 2.68. The van der Waals surface area contributed by atoms with E-state index < -0.39 is 0 Å². The Morgan fingerprint density at radius 1 is 1.44 bits per heavy atom. The molecule has 0 aromatic carbocycles. The van der Waals surface area contributed by atoms with Gasteiger partial charge in [-0.25, -0.2) is 0 Å². The quantitative estimate of drug-likeness (QED) is 0.735. The molecule has 1 saturated heterocycles. The molecule has 2 heterocycles. The first kappa shape index (κ1) is 11.6. The Morgan fingerprint density at radius 2 is 2.25 bits per heavy atom. The van der Waals surface area contributed by atoms with E-state index >= 15 is 0 Å². The van der Waals surface area contributed by atoms with E-state index in [9.17, 15) is 0 Å². The maximum Gasteiger partial charge on any atom is 0.150 e. The molecule has 0 atom stereocenters. The summed E-state index contributed by atoms with van der Waals surface area (Å²) in [5.74, 6) is 0.902. The van der Waals surface area contributed by atoms with Gasteiger partial charge in [0.1, 0.15) is 0 Å². The minimum absolute atomic E-state index is 0.755. The molecular weight excluding hydrogens is 206 g/mol. The molecule has 0 radical (unpaired) electrons. The molecule has 90 valence electrons. The number of hydrogen-bond donors (Lipinski definition) is 1. The number of morpholine rings is 1. The summed E-state index contributed by atoms with van der Waals surface area (Å²) in [4.78, 5) is 2.40. The van der Waals surface area contributed by atoms with Gasteiger partial charge >= 0.3 is 0 Å². The Hall–Kier alpha value is -0.910. The van der Waals surface area contributed by atoms with E-state index in [-0.39, 0.29) is 0 Å². The van der Waals surface area contributed by atoms with E-state index in [4.69, 9.17) is 9.26 Å². The van der Waals surface area contributed by atoms with Gasteiger partial charge in [-0.15, -0.1) is 0 Å². The lowest BCUT2D eigenvalue weighted by Gasteiger charge is -2.26. The Kier molecular flexibility index (Phi) is 4.33. The van der Waals surface area contributed by atoms with E-state index in [0.29, 0.717) is 0 Å². The van der Waals surface area contributed by atoms with Gasteiger partial charge in [0.05, 0.1) is 25.5 Å². The zero-order valence-corrected chi connectivity index (χ0v) is 9.74. The van der Waals surface area contributed by atoms with Crippen LogP contribution in [0.1, 0.15) is 11.5 Å². The maximum atomic E-state index is 5.29. The minimum Gasteiger partial charge on any atom is -0.379 e. The normalized spacial score (nSPS) is 17.8. The van der Waals surface area contributed by atoms with Crippen molar-refractivity contribution in [1.82, 2.24) is 15.4 Å². The Balaban J connectivity index is 1.57. The van der Waals surface area contributed by atoms with Crippen molar-refractivity contribution in [3.8, 4) is 0 Å². The number of nitrogens with zero attached hydrogens (tertiary/aromatic N) is 2. The van der Waals surface area contributed by atoms with Crippen LogP contribution in [0.5, 0.6) is 0 Å². The van der Waals surface area contributed by atoms with Crippen molar-refractivity contribution >= 4 is 0 Å². The van der Waals surface area contributed by atoms with Gasteiger partial charge in [-0.3, -0.25) is 4.90 Å². The summed E-state index contributed by atoms with van der Waals surface area (Å²) in [5.41, 5.74) is 0.935. The van der Waals surface area contributed by atoms with Gasteiger partial charge in [-0.1, -0.05) is 5.16 Å². The number of ether oxygens (including phenoxy) is 1. The van der Waals surface area contributed by atoms with Crippen LogP contribution in [0.4, 0.5) is 0 Å². The predicted molar refractivity (Wildman–Crippen MR) is 60.2 cm³/mol. The molecule has 0 unspecified atom stereocenters. The highest BCUT2D eigenvalue weighted by molar-refractivity contribution is 5.02. The summed E-state index contributed by atoms with van der Waals surface area (Å²) < 4.78 is 10.4. The second kappa shape index (κ2) is 5.98. The molecule has 0 spiro atoms. The largest absolute Gasteiger partial charge is 0.379 e. The van der Waals surface area contributed by atoms with Gasteiger partial charge in [-0.05, 0) is 6.92 Å². The first-order valence-corrected chi connectivity index (χ1v) is 5.77. The first-order chi connectivity index (χ1) is 7.84. The summed E-state index contributed by atoms with van der Waals surface area (Å²) in [5, 5.41) is 7.19. The Morgan fingerprint density at radius 3 is 2.94 bits per heavy atom. The maximum absolute atomic E-state index is 5.29. The highest BCUT2D eigenvalue weighted by Gasteiger charge is 2.09. The van der Waals surface area contributed by atoms with E-state index in [1.807, 2.05) is 13.0 Å². The van der Waals surface area contributed by atoms with Gasteiger partial charge in [0.25, 0.3) is 0 Å². The fourth-order valence-electron chi connectivity index (χ4n) is 1.77. The van der Waals surface area contributed by atoms with Gasteiger partial charge < -0.3 is 14.6 Å². The predicted octanol–water partition coefficient (Wildman–Crippen LogP) is 0.405. The van der Waals surface area contributed by atoms with Crippen LogP contribution in [-0.4, -0.2) is 49.4 Å². The molecular formula is C11H19N3O2. The summed E-state index contributed by atoms with van der Waals surface area (Å²) in [6.45, 7) is 8.54. The Labute approximate surface area is 95.7 Å². The highest BCUT2D eigenvalue weighted by atomic mass is 16.5. The van der Waals surface area contributed by atoms with Crippen molar-refractivity contribution in [2.24, 2.45) is 0 Å². The van der Waals surface area contributed by atoms with Crippen LogP contribution < -0.4 is 5.32 Å². The number of nitrogens with one attached hydrogen (secondary N) is 1. The molecule has 5 heteroatoms. The van der Waals surface area contributed by atoms with Crippen molar-refractivity contribution in [2.75, 3.05) is 39.4 Å². The number of aromatic nitrogens is 1. The molecule has 1 aromatic heterocycles. The molecule has 0 amide bonds. The average molecular weight is 225 g/mol. The second-order valence-electron chi connectivity index (χ2n) is 4.07. The molecule has 1 aliphatic heterocycles. The van der Waals surface area contributed by atoms with Crippen molar-refractivity contribution < 1.29 is 9.26 Å². The number of rotatable bonds is 5. The first-order valence-electron chi connectivity index (χ1n) is 5.77. The van der Waals surface area contributed by atoms with Crippen LogP contribution in [0.15, 0.2) is 10.6 Å². The van der Waals surface area contributed by atoms with Gasteiger partial charge in [0, 0.05) is 32.2 Å². The lowest BCUT2D eigenvalue weighted by Crippen LogP contribution is -2.40. The van der Waals surface area contributed by atoms with Crippen LogP contribution >= 0.6 is 0 Å². The fraction of sp³-hybridized carbons (Fsp3) is 0.727. The van der Waals surface area contributed by atoms with Crippen LogP contribution in [0.2, 0.25) is 0 Å². The average Bonchev–Trinajstić information content (AvgIpc) is 2.72. The van der Waals surface area contributed by atoms with Gasteiger partial charge in [0.15, 0.2) is 5.76 Å². The molecule has 1 fully saturated rings. The monoisotopic (exact) mass is 225 g/mol. The molecule has 0 bridgehead atoms. The minimum atomic E-state index is 0.755. The topological polar surface area (TPSA) is 50.5 Å². The zero-order valence-electron chi connectivity index (χ0n) is 9.74. The van der Waals surface area contributed by atoms with Gasteiger partial charge in [-0.2, -0.15) is 0 Å². The lowest BCUT2D eigenvalue weighted by molar-refractivity contribution is 0.0383. The third kappa shape index (κ3) is 3.59. The molecule has 1 aromatic rings. The van der Waals surface area contributed by atoms with E-state index in [0.717, 1.165) is 57.4 Å². The summed E-state index contributed by atoms with van der Waals surface area (Å²) in [6.07, 6.45) is 0. The van der Waals surface area contributed by atoms with Crippen molar-refractivity contribution in [3.05, 3.63) is 17.5 Å². The highest BCUT2D eigenvalue weighted by Crippen LogP contribution is 2.01. The molecule has 5 nitrogen and oxygen atoms in total. The summed E-state index contributed by atoms with van der Waals surface area (Å²) in [6, 6.07) is 1.96. The van der Waals surface area contributed by atoms with Crippen LogP contribution in [0.3, 0.4) is 0 Å². The van der Waals surface area contributed by atoms with Crippen molar-refractivity contribution in [3.63, 3.8) is 0 Å². The number of hydrogen-bond acceptors (Lipinski definition) is 5. The summed E-state index contributed by atoms with van der Waals surface area (Å²) in [7, 11) is 0. The number of aryl methyl sites for hydroxylation is 1. The fourth-order valence-corrected chi connectivity index (χ4v) is 1.77. The lowest BCUT2D eigenvalue weighted by atomic mass is 10.3. The Bertz CT molecular complexity index is 308. The van der Waals surface area contributed by atoms with Crippen LogP contribution in [-0.2, 0) is 11.3 Å². The molecule has 2 rings (SSSR count). The smallest absolute Gasteiger partial charge is 0.150 e. The van der Waals surface area contributed by atoms with E-state index in [2.05, 4.69) is 15.4 Å². The van der Waals surface area contributed by atoms with Crippen molar-refractivity contribution in [1.29, 1.82) is 0 Å². The van der Waals surface area contributed by atoms with Crippen molar-refractivity contribution in [2.45, 2.75) is 13.5 Å². The third-order valence-electron chi connectivity index (χ3n) is 2.68. The molecule has 1 N–H and O–H groups in total. The van der Waals surface area contributed by atoms with E-state index in [1.54, 1.807) is 0 Å². The van der Waals surface area contributed by atoms with Gasteiger partial charge in [0.2, 0.25) is 0 Å². The summed E-state index contributed by atoms with van der Waals surface area (Å²) >= 11 is 0. The van der Waals surface area contributed by atoms with Crippen LogP contribution in [0.25, 0.3) is 0 Å². The SMILES string of the molecule is Cc1cc(CNCCN2CCOCC2)on1. The zero-order chi connectivity index (χ0) is 11.2. The molecule has 1 aliphatic rings. The van der Waals surface area contributed by atoms with E-state index in [1.165, 1.54) is 0 Å². The van der Waals surface area contributed by atoms with Crippen LogP contribution in [0, 0.1) is 6.92 Å². The molecule has 0 saturated carbocycles. The molecule has 0 aliphatic carbocycles. The molecule has 16 heavy (non-hydrogen) atoms. The second-order valence-corrected chi connectivity index (χ2v) is 4.07. The standard InChI is InChI=1S/C11H19N3O2/c1-10-8-11(16-13-10)9-12-2-3-14-4-6-15-7-5-14/h8,12H,2-7,9H2,1H3.